The molecule has 0 bridgehead atoms. The van der Waals surface area contributed by atoms with Gasteiger partial charge in [0.2, 0.25) is 0 Å². The summed E-state index contributed by atoms with van der Waals surface area (Å²) < 4.78 is 5.38. The monoisotopic (exact) mass is 378 g/mol. The normalized spacial score (nSPS) is 12.3. The first kappa shape index (κ1) is 21.0. The molecule has 2 aromatic rings. The van der Waals surface area contributed by atoms with Crippen molar-refractivity contribution in [3.05, 3.63) is 97.1 Å². The molecule has 2 atom stereocenters. The van der Waals surface area contributed by atoms with Gasteiger partial charge in [0.15, 0.2) is 6.10 Å². The number of likely N-dealkylation sites (N-methyl/N-ethyl adjacent to an activating group) is 1. The highest BCUT2D eigenvalue weighted by molar-refractivity contribution is 5.84. The Balaban J connectivity index is 2.02. The van der Waals surface area contributed by atoms with Crippen LogP contribution in [-0.4, -0.2) is 30.1 Å². The lowest BCUT2D eigenvalue weighted by molar-refractivity contribution is -0.140. The fourth-order valence-electron chi connectivity index (χ4n) is 2.82. The first-order valence-corrected chi connectivity index (χ1v) is 9.10. The van der Waals surface area contributed by atoms with E-state index in [9.17, 15) is 9.59 Å². The molecule has 0 radical (unpaired) electrons. The van der Waals surface area contributed by atoms with Gasteiger partial charge in [-0.15, -0.1) is 13.2 Å². The number of hydrogen-bond donors (Lipinski definition) is 1. The van der Waals surface area contributed by atoms with Gasteiger partial charge in [-0.25, -0.2) is 4.79 Å². The molecule has 2 amide bonds. The lowest BCUT2D eigenvalue weighted by Gasteiger charge is -2.29. The summed E-state index contributed by atoms with van der Waals surface area (Å²) in [6.45, 7) is 7.82. The van der Waals surface area contributed by atoms with Crippen LogP contribution >= 0.6 is 0 Å². The summed E-state index contributed by atoms with van der Waals surface area (Å²) in [6.07, 6.45) is 1.87. The molecule has 0 fully saturated rings. The van der Waals surface area contributed by atoms with Gasteiger partial charge in [-0.3, -0.25) is 4.79 Å². The molecule has 1 unspecified atom stereocenters. The maximum Gasteiger partial charge on any atom is 0.408 e. The van der Waals surface area contributed by atoms with Crippen molar-refractivity contribution in [3.8, 4) is 0 Å². The minimum atomic E-state index is -0.954. The second-order valence-corrected chi connectivity index (χ2v) is 6.30. The predicted octanol–water partition coefficient (Wildman–Crippen LogP) is 4.24. The Kier molecular flexibility index (Phi) is 8.03. The first-order valence-electron chi connectivity index (χ1n) is 9.10. The Bertz CT molecular complexity index is 790. The van der Waals surface area contributed by atoms with Crippen LogP contribution in [0, 0.1) is 0 Å². The molecule has 0 aromatic heterocycles. The Morgan fingerprint density at radius 3 is 2.25 bits per heavy atom. The Morgan fingerprint density at radius 1 is 1.07 bits per heavy atom. The number of hydrogen-bond acceptors (Lipinski definition) is 3. The van der Waals surface area contributed by atoms with Gasteiger partial charge in [0.1, 0.15) is 0 Å². The van der Waals surface area contributed by atoms with E-state index in [1.807, 2.05) is 60.7 Å². The predicted molar refractivity (Wildman–Crippen MR) is 111 cm³/mol. The van der Waals surface area contributed by atoms with Gasteiger partial charge in [-0.05, 0) is 11.1 Å². The molecule has 0 aliphatic heterocycles. The van der Waals surface area contributed by atoms with Crippen molar-refractivity contribution in [3.63, 3.8) is 0 Å². The quantitative estimate of drug-likeness (QED) is 0.664. The van der Waals surface area contributed by atoms with Crippen LogP contribution < -0.4 is 5.32 Å². The number of nitrogens with one attached hydrogen (secondary N) is 1. The van der Waals surface area contributed by atoms with Gasteiger partial charge in [0, 0.05) is 20.0 Å². The summed E-state index contributed by atoms with van der Waals surface area (Å²) in [6, 6.07) is 18.7. The number of rotatable bonds is 9. The Morgan fingerprint density at radius 2 is 1.68 bits per heavy atom. The van der Waals surface area contributed by atoms with E-state index in [-0.39, 0.29) is 18.4 Å². The van der Waals surface area contributed by atoms with E-state index in [1.165, 1.54) is 4.90 Å². The molecular weight excluding hydrogens is 352 g/mol. The molecule has 0 spiro atoms. The van der Waals surface area contributed by atoms with Crippen LogP contribution in [0.15, 0.2) is 86.0 Å². The van der Waals surface area contributed by atoms with Crippen LogP contribution in [0.4, 0.5) is 4.79 Å². The summed E-state index contributed by atoms with van der Waals surface area (Å²) in [5, 5.41) is 2.67. The molecule has 5 nitrogen and oxygen atoms in total. The Hall–Kier alpha value is -3.34. The largest absolute Gasteiger partial charge is 0.436 e. The van der Waals surface area contributed by atoms with Gasteiger partial charge in [-0.2, -0.15) is 0 Å². The van der Waals surface area contributed by atoms with E-state index in [0.717, 1.165) is 11.1 Å². The third kappa shape index (κ3) is 5.84. The minimum Gasteiger partial charge on any atom is -0.436 e. The fraction of sp³-hybridized carbons (Fsp3) is 0.217. The number of amides is 2. The van der Waals surface area contributed by atoms with E-state index in [0.29, 0.717) is 6.54 Å². The molecule has 5 heteroatoms. The molecule has 2 rings (SSSR count). The van der Waals surface area contributed by atoms with Crippen molar-refractivity contribution >= 4 is 12.0 Å². The standard InChI is InChI=1S/C23H26N2O3/c1-4-12-21(28-23(27)24-17-18-13-8-6-9-14-18)22(26)25(3)20(5-2)19-15-10-7-11-16-19/h4-11,13-16,20-21H,1-2,12,17H2,3H3,(H,24,27)/t20?,21-/m0/s1. The molecule has 1 N–H and O–H groups in total. The third-order valence-corrected chi connectivity index (χ3v) is 4.31. The van der Waals surface area contributed by atoms with Crippen molar-refractivity contribution in [1.29, 1.82) is 0 Å². The van der Waals surface area contributed by atoms with E-state index in [1.54, 1.807) is 19.2 Å². The van der Waals surface area contributed by atoms with Crippen molar-refractivity contribution < 1.29 is 14.3 Å². The first-order chi connectivity index (χ1) is 13.6. The van der Waals surface area contributed by atoms with Crippen molar-refractivity contribution in [2.45, 2.75) is 25.1 Å². The average Bonchev–Trinajstić information content (AvgIpc) is 2.73. The number of carbonyl (C=O) groups is 2. The zero-order valence-electron chi connectivity index (χ0n) is 16.1. The second kappa shape index (κ2) is 10.7. The van der Waals surface area contributed by atoms with Gasteiger partial charge >= 0.3 is 6.09 Å². The highest BCUT2D eigenvalue weighted by atomic mass is 16.6. The highest BCUT2D eigenvalue weighted by Crippen LogP contribution is 2.22. The summed E-state index contributed by atoms with van der Waals surface area (Å²) in [5.74, 6) is -0.316. The maximum atomic E-state index is 12.9. The topological polar surface area (TPSA) is 58.6 Å². The van der Waals surface area contributed by atoms with E-state index in [4.69, 9.17) is 4.74 Å². The van der Waals surface area contributed by atoms with E-state index < -0.39 is 12.2 Å². The molecule has 28 heavy (non-hydrogen) atoms. The number of carbonyl (C=O) groups excluding carboxylic acids is 2. The van der Waals surface area contributed by atoms with Gasteiger partial charge in [0.05, 0.1) is 6.04 Å². The molecule has 2 aromatic carbocycles. The lowest BCUT2D eigenvalue weighted by Crippen LogP contribution is -2.42. The van der Waals surface area contributed by atoms with Crippen molar-refractivity contribution in [2.75, 3.05) is 7.05 Å². The molecule has 146 valence electrons. The summed E-state index contributed by atoms with van der Waals surface area (Å²) in [4.78, 5) is 26.7. The maximum absolute atomic E-state index is 12.9. The molecule has 0 heterocycles. The van der Waals surface area contributed by atoms with Crippen LogP contribution in [0.25, 0.3) is 0 Å². The summed E-state index contributed by atoms with van der Waals surface area (Å²) in [7, 11) is 1.67. The number of ether oxygens (including phenoxy) is 1. The van der Waals surface area contributed by atoms with Crippen molar-refractivity contribution in [1.82, 2.24) is 10.2 Å². The average molecular weight is 378 g/mol. The minimum absolute atomic E-state index is 0.223. The van der Waals surface area contributed by atoms with E-state index >= 15 is 0 Å². The van der Waals surface area contributed by atoms with Crippen LogP contribution in [-0.2, 0) is 16.1 Å². The summed E-state index contributed by atoms with van der Waals surface area (Å²) >= 11 is 0. The van der Waals surface area contributed by atoms with Gasteiger partial charge < -0.3 is 15.0 Å². The van der Waals surface area contributed by atoms with Gasteiger partial charge in [-0.1, -0.05) is 72.8 Å². The van der Waals surface area contributed by atoms with Gasteiger partial charge in [0.25, 0.3) is 5.91 Å². The molecule has 0 aliphatic rings. The zero-order valence-corrected chi connectivity index (χ0v) is 16.1. The lowest BCUT2D eigenvalue weighted by atomic mass is 10.0. The number of alkyl carbamates (subject to hydrolysis) is 1. The molecule has 0 saturated heterocycles. The van der Waals surface area contributed by atoms with Crippen LogP contribution in [0.1, 0.15) is 23.6 Å². The molecular formula is C23H26N2O3. The molecule has 0 saturated carbocycles. The number of nitrogens with zero attached hydrogens (tertiary/aromatic N) is 1. The second-order valence-electron chi connectivity index (χ2n) is 6.30. The molecule has 0 aliphatic carbocycles. The highest BCUT2D eigenvalue weighted by Gasteiger charge is 2.28. The number of benzene rings is 2. The van der Waals surface area contributed by atoms with Crippen LogP contribution in [0.3, 0.4) is 0 Å². The Labute approximate surface area is 166 Å². The van der Waals surface area contributed by atoms with Crippen LogP contribution in [0.2, 0.25) is 0 Å². The van der Waals surface area contributed by atoms with Crippen LogP contribution in [0.5, 0.6) is 0 Å². The zero-order chi connectivity index (χ0) is 20.4. The third-order valence-electron chi connectivity index (χ3n) is 4.31. The smallest absolute Gasteiger partial charge is 0.408 e. The van der Waals surface area contributed by atoms with E-state index in [2.05, 4.69) is 18.5 Å². The fourth-order valence-corrected chi connectivity index (χ4v) is 2.82. The van der Waals surface area contributed by atoms with Crippen molar-refractivity contribution in [2.24, 2.45) is 0 Å². The summed E-state index contributed by atoms with van der Waals surface area (Å²) in [5.41, 5.74) is 1.87. The SMILES string of the molecule is C=CC[C@H](OC(=O)NCc1ccccc1)C(=O)N(C)C(C=C)c1ccccc1.